The van der Waals surface area contributed by atoms with Crippen LogP contribution in [0.2, 0.25) is 0 Å². The second kappa shape index (κ2) is 10.3. The number of carbonyl (C=O) groups is 1. The number of para-hydroxylation sites is 1. The number of imidazole rings is 1. The van der Waals surface area contributed by atoms with Crippen LogP contribution in [0.15, 0.2) is 55.0 Å². The maximum Gasteiger partial charge on any atom is 1.00 e. The van der Waals surface area contributed by atoms with E-state index in [1.807, 2.05) is 34.6 Å². The molecule has 1 atom stereocenters. The third-order valence-corrected chi connectivity index (χ3v) is 7.22. The predicted molar refractivity (Wildman–Crippen MR) is 129 cm³/mol. The average Bonchev–Trinajstić information content (AvgIpc) is 3.52. The van der Waals surface area contributed by atoms with Gasteiger partial charge < -0.3 is 24.6 Å². The molecule has 2 aliphatic rings. The van der Waals surface area contributed by atoms with Crippen LogP contribution in [0, 0.1) is 18.3 Å². The molecule has 0 radical (unpaired) electrons. The van der Waals surface area contributed by atoms with Crippen LogP contribution >= 0.6 is 0 Å². The molecular weight excluding hydrogens is 491 g/mol. The number of halogens is 2. The number of pyridine rings is 1. The van der Waals surface area contributed by atoms with Gasteiger partial charge in [0.05, 0.1) is 11.6 Å². The fraction of sp³-hybridized carbons (Fsp3) is 0.308. The van der Waals surface area contributed by atoms with E-state index in [1.165, 1.54) is 6.07 Å². The van der Waals surface area contributed by atoms with Crippen molar-refractivity contribution in [3.05, 3.63) is 71.9 Å². The second-order valence-electron chi connectivity index (χ2n) is 9.54. The summed E-state index contributed by atoms with van der Waals surface area (Å²) in [6.07, 6.45) is 6.56. The fourth-order valence-corrected chi connectivity index (χ4v) is 5.17. The van der Waals surface area contributed by atoms with Crippen molar-refractivity contribution in [2.24, 2.45) is 11.3 Å². The van der Waals surface area contributed by atoms with Crippen LogP contribution in [0.25, 0.3) is 16.8 Å². The second-order valence-corrected chi connectivity index (χ2v) is 9.54. The Morgan fingerprint density at radius 3 is 2.53 bits per heavy atom. The molecule has 1 aliphatic carbocycles. The predicted octanol–water partition coefficient (Wildman–Crippen LogP) is 1.03. The standard InChI is InChI=1S/C26H23F2N5O3.Li.H2O/c1-15-20(8-16-4-2-3-5-21(16)36-24(27)28)33-12-17(6-7-22(33)31-15)18-10-29-25(30-11-18)32-13-26(14-32)9-19(26)23(34)35;;/h2-7,10-12,19,24H,8-9,13-14H2,1H3,(H,34,35);;1H2/q;+1;/p-1. The smallest absolute Gasteiger partial charge is 0.870 e. The molecule has 1 aliphatic heterocycles. The van der Waals surface area contributed by atoms with Gasteiger partial charge in [-0.05, 0) is 31.5 Å². The van der Waals surface area contributed by atoms with Crippen LogP contribution in [-0.4, -0.2) is 55.6 Å². The zero-order valence-electron chi connectivity index (χ0n) is 20.9. The molecule has 1 unspecified atom stereocenters. The van der Waals surface area contributed by atoms with Crippen LogP contribution in [-0.2, 0) is 11.2 Å². The van der Waals surface area contributed by atoms with Crippen molar-refractivity contribution in [1.82, 2.24) is 19.4 Å². The zero-order valence-corrected chi connectivity index (χ0v) is 20.9. The summed E-state index contributed by atoms with van der Waals surface area (Å²) in [7, 11) is 0. The number of ether oxygens (including phenoxy) is 1. The molecule has 9 nitrogen and oxygen atoms in total. The first-order chi connectivity index (χ1) is 17.3. The van der Waals surface area contributed by atoms with Gasteiger partial charge in [0.15, 0.2) is 0 Å². The van der Waals surface area contributed by atoms with E-state index in [2.05, 4.69) is 15.0 Å². The monoisotopic (exact) mass is 515 g/mol. The number of aliphatic carboxylic acids is 1. The van der Waals surface area contributed by atoms with E-state index in [0.29, 0.717) is 31.0 Å². The molecule has 1 saturated heterocycles. The van der Waals surface area contributed by atoms with Gasteiger partial charge in [-0.25, -0.2) is 15.0 Å². The topological polar surface area (TPSA) is 123 Å². The Morgan fingerprint density at radius 1 is 1.16 bits per heavy atom. The van der Waals surface area contributed by atoms with Gasteiger partial charge in [-0.15, -0.1) is 0 Å². The maximum absolute atomic E-state index is 12.9. The molecule has 12 heteroatoms. The van der Waals surface area contributed by atoms with E-state index in [0.717, 1.165) is 34.6 Å². The summed E-state index contributed by atoms with van der Waals surface area (Å²) in [6, 6.07) is 10.6. The Kier molecular flexibility index (Phi) is 7.48. The Labute approximate surface area is 229 Å². The Bertz CT molecular complexity index is 1470. The third kappa shape index (κ3) is 4.85. The molecule has 2 N–H and O–H groups in total. The summed E-state index contributed by atoms with van der Waals surface area (Å²) < 4.78 is 32.4. The summed E-state index contributed by atoms with van der Waals surface area (Å²) in [4.78, 5) is 26.9. The molecule has 1 aromatic carbocycles. The van der Waals surface area contributed by atoms with E-state index in [9.17, 15) is 18.7 Å². The first kappa shape index (κ1) is 27.5. The molecule has 192 valence electrons. The van der Waals surface area contributed by atoms with E-state index in [-0.39, 0.29) is 41.4 Å². The Balaban J connectivity index is 0.00000168. The van der Waals surface area contributed by atoms with Crippen molar-refractivity contribution in [3.63, 3.8) is 0 Å². The number of hydrogen-bond donors (Lipinski definition) is 1. The first-order valence-electron chi connectivity index (χ1n) is 11.6. The summed E-state index contributed by atoms with van der Waals surface area (Å²) >= 11 is 0. The van der Waals surface area contributed by atoms with Crippen molar-refractivity contribution >= 4 is 17.6 Å². The number of fused-ring (bicyclic) bond motifs is 1. The molecule has 4 aromatic rings. The number of benzene rings is 1. The van der Waals surface area contributed by atoms with Crippen molar-refractivity contribution in [2.75, 3.05) is 18.0 Å². The fourth-order valence-electron chi connectivity index (χ4n) is 5.17. The molecule has 1 spiro atoms. The quantitative estimate of drug-likeness (QED) is 0.362. The number of hydrogen-bond acceptors (Lipinski definition) is 7. The number of nitrogens with zero attached hydrogens (tertiary/aromatic N) is 5. The molecule has 0 bridgehead atoms. The van der Waals surface area contributed by atoms with Crippen molar-refractivity contribution in [2.45, 2.75) is 26.4 Å². The van der Waals surface area contributed by atoms with E-state index in [4.69, 9.17) is 4.74 Å². The van der Waals surface area contributed by atoms with Gasteiger partial charge in [-0.3, -0.25) is 4.79 Å². The van der Waals surface area contributed by atoms with Gasteiger partial charge in [0.2, 0.25) is 5.95 Å². The van der Waals surface area contributed by atoms with Gasteiger partial charge in [0.1, 0.15) is 11.4 Å². The van der Waals surface area contributed by atoms with Crippen LogP contribution in [0.5, 0.6) is 5.75 Å². The van der Waals surface area contributed by atoms with Crippen molar-refractivity contribution in [3.8, 4) is 16.9 Å². The number of carboxylic acids is 1. The molecule has 4 heterocycles. The molecule has 0 amide bonds. The van der Waals surface area contributed by atoms with E-state index in [1.54, 1.807) is 30.6 Å². The Morgan fingerprint density at radius 2 is 1.87 bits per heavy atom. The summed E-state index contributed by atoms with van der Waals surface area (Å²) in [5, 5.41) is 9.21. The molecule has 6 rings (SSSR count). The number of anilines is 1. The minimum absolute atomic E-state index is 0. The zero-order chi connectivity index (χ0) is 25.0. The Hall–Kier alpha value is -3.52. The van der Waals surface area contributed by atoms with Gasteiger partial charge in [0.25, 0.3) is 0 Å². The minimum Gasteiger partial charge on any atom is -0.870 e. The first-order valence-corrected chi connectivity index (χ1v) is 11.6. The molecular formula is C26H24F2LiN5O4. The van der Waals surface area contributed by atoms with E-state index < -0.39 is 12.6 Å². The van der Waals surface area contributed by atoms with Gasteiger partial charge in [-0.1, -0.05) is 18.2 Å². The summed E-state index contributed by atoms with van der Waals surface area (Å²) in [5.41, 5.74) is 4.68. The molecule has 2 fully saturated rings. The average molecular weight is 515 g/mol. The molecule has 38 heavy (non-hydrogen) atoms. The number of carboxylic acid groups (broad SMARTS) is 1. The number of aryl methyl sites for hydroxylation is 1. The van der Waals surface area contributed by atoms with Crippen molar-refractivity contribution < 1.29 is 47.8 Å². The van der Waals surface area contributed by atoms with Gasteiger partial charge >= 0.3 is 31.4 Å². The largest absolute Gasteiger partial charge is 1.00 e. The van der Waals surface area contributed by atoms with Crippen LogP contribution in [0.3, 0.4) is 0 Å². The van der Waals surface area contributed by atoms with Crippen molar-refractivity contribution in [1.29, 1.82) is 0 Å². The number of rotatable bonds is 7. The number of aromatic nitrogens is 4. The van der Waals surface area contributed by atoms with E-state index >= 15 is 0 Å². The van der Waals surface area contributed by atoms with Gasteiger partial charge in [-0.2, -0.15) is 8.78 Å². The summed E-state index contributed by atoms with van der Waals surface area (Å²) in [5.74, 6) is -0.228. The molecule has 1 saturated carbocycles. The maximum atomic E-state index is 12.9. The summed E-state index contributed by atoms with van der Waals surface area (Å²) in [6.45, 7) is 0.340. The van der Waals surface area contributed by atoms with Crippen LogP contribution in [0.4, 0.5) is 14.7 Å². The normalized spacial score (nSPS) is 17.1. The van der Waals surface area contributed by atoms with Gasteiger partial charge in [0, 0.05) is 65.9 Å². The van der Waals surface area contributed by atoms with Crippen LogP contribution < -0.4 is 28.5 Å². The molecule has 3 aromatic heterocycles. The number of alkyl halides is 2. The SMILES string of the molecule is Cc1nc2ccc(-c3cnc(N4CC5(CC5C(=O)O)C4)nc3)cn2c1Cc1ccccc1OC(F)F.[Li+].[OH-]. The minimum atomic E-state index is -2.89. The third-order valence-electron chi connectivity index (χ3n) is 7.22. The van der Waals surface area contributed by atoms with Crippen LogP contribution in [0.1, 0.15) is 23.4 Å².